The quantitative estimate of drug-likeness (QED) is 0.869. The molecular formula is C14H23BrN2. The number of anilines is 2. The smallest absolute Gasteiger partial charge is 0.0597 e. The van der Waals surface area contributed by atoms with Gasteiger partial charge in [-0.25, -0.2) is 0 Å². The van der Waals surface area contributed by atoms with E-state index in [4.69, 9.17) is 0 Å². The third-order valence-electron chi connectivity index (χ3n) is 3.03. The zero-order valence-electron chi connectivity index (χ0n) is 11.4. The van der Waals surface area contributed by atoms with Gasteiger partial charge in [-0.2, -0.15) is 0 Å². The van der Waals surface area contributed by atoms with Crippen LogP contribution >= 0.6 is 15.9 Å². The molecule has 17 heavy (non-hydrogen) atoms. The summed E-state index contributed by atoms with van der Waals surface area (Å²) in [4.78, 5) is 2.14. The van der Waals surface area contributed by atoms with E-state index in [1.165, 1.54) is 11.4 Å². The zero-order valence-corrected chi connectivity index (χ0v) is 13.0. The molecule has 0 radical (unpaired) electrons. The van der Waals surface area contributed by atoms with Crippen molar-refractivity contribution in [2.24, 2.45) is 5.92 Å². The Balaban J connectivity index is 2.98. The average molecular weight is 299 g/mol. The van der Waals surface area contributed by atoms with Gasteiger partial charge in [0.25, 0.3) is 0 Å². The first kappa shape index (κ1) is 14.4. The second kappa shape index (κ2) is 6.29. The highest BCUT2D eigenvalue weighted by atomic mass is 79.9. The molecule has 0 amide bonds. The average Bonchev–Trinajstić information content (AvgIpc) is 2.25. The lowest BCUT2D eigenvalue weighted by molar-refractivity contribution is 0.511. The molecule has 1 aromatic carbocycles. The lowest BCUT2D eigenvalue weighted by Gasteiger charge is -2.26. The highest BCUT2D eigenvalue weighted by Crippen LogP contribution is 2.29. The maximum atomic E-state index is 3.65. The van der Waals surface area contributed by atoms with E-state index in [2.05, 4.69) is 79.2 Å². The van der Waals surface area contributed by atoms with Crippen molar-refractivity contribution in [3.05, 3.63) is 22.7 Å². The Labute approximate surface area is 114 Å². The Morgan fingerprint density at radius 2 is 1.94 bits per heavy atom. The fourth-order valence-corrected chi connectivity index (χ4v) is 2.31. The number of benzene rings is 1. The van der Waals surface area contributed by atoms with Crippen molar-refractivity contribution in [2.75, 3.05) is 24.3 Å². The molecule has 0 bridgehead atoms. The van der Waals surface area contributed by atoms with Gasteiger partial charge in [-0.15, -0.1) is 0 Å². The predicted octanol–water partition coefficient (Wildman–Crippen LogP) is 4.36. The molecule has 0 heterocycles. The number of nitrogens with zero attached hydrogens (tertiary/aromatic N) is 1. The maximum Gasteiger partial charge on any atom is 0.0597 e. The van der Waals surface area contributed by atoms with Crippen LogP contribution in [0.4, 0.5) is 11.4 Å². The molecule has 0 aliphatic carbocycles. The van der Waals surface area contributed by atoms with Crippen molar-refractivity contribution in [1.82, 2.24) is 0 Å². The lowest BCUT2D eigenvalue weighted by Crippen LogP contribution is -2.25. The van der Waals surface area contributed by atoms with E-state index in [1.807, 2.05) is 0 Å². The van der Waals surface area contributed by atoms with Gasteiger partial charge >= 0.3 is 0 Å². The summed E-state index contributed by atoms with van der Waals surface area (Å²) < 4.78 is 1.12. The molecule has 1 atom stereocenters. The molecule has 1 unspecified atom stereocenters. The van der Waals surface area contributed by atoms with E-state index in [0.29, 0.717) is 12.0 Å². The summed E-state index contributed by atoms with van der Waals surface area (Å²) in [5, 5.41) is 3.65. The summed E-state index contributed by atoms with van der Waals surface area (Å²) in [6.07, 6.45) is 1.14. The van der Waals surface area contributed by atoms with E-state index in [9.17, 15) is 0 Å². The number of hydrogen-bond donors (Lipinski definition) is 1. The first-order valence-electron chi connectivity index (χ1n) is 6.19. The van der Waals surface area contributed by atoms with Gasteiger partial charge in [0.05, 0.1) is 11.4 Å². The first-order valence-corrected chi connectivity index (χ1v) is 6.98. The molecule has 0 saturated carbocycles. The van der Waals surface area contributed by atoms with Crippen LogP contribution < -0.4 is 10.2 Å². The Bertz CT molecular complexity index is 361. The molecule has 0 fully saturated rings. The van der Waals surface area contributed by atoms with Crippen LogP contribution in [-0.2, 0) is 0 Å². The minimum atomic E-state index is 0.517. The molecule has 3 heteroatoms. The molecule has 1 aromatic rings. The molecule has 1 N–H and O–H groups in total. The van der Waals surface area contributed by atoms with E-state index in [0.717, 1.165) is 10.9 Å². The normalized spacial score (nSPS) is 12.6. The standard InChI is InChI=1S/C14H23BrN2/c1-6-12(10(2)3)16-13-9-11(15)7-8-14(13)17(4)5/h7-10,12,16H,6H2,1-5H3. The van der Waals surface area contributed by atoms with Gasteiger partial charge in [-0.1, -0.05) is 36.7 Å². The lowest BCUT2D eigenvalue weighted by atomic mass is 10.0. The van der Waals surface area contributed by atoms with Gasteiger partial charge in [0.2, 0.25) is 0 Å². The monoisotopic (exact) mass is 298 g/mol. The Morgan fingerprint density at radius 1 is 1.29 bits per heavy atom. The van der Waals surface area contributed by atoms with Crippen LogP contribution in [0.25, 0.3) is 0 Å². The number of hydrogen-bond acceptors (Lipinski definition) is 2. The van der Waals surface area contributed by atoms with Crippen molar-refractivity contribution in [3.8, 4) is 0 Å². The van der Waals surface area contributed by atoms with Crippen LogP contribution in [0.1, 0.15) is 27.2 Å². The molecule has 0 aromatic heterocycles. The van der Waals surface area contributed by atoms with Crippen LogP contribution in [-0.4, -0.2) is 20.1 Å². The summed E-state index contributed by atoms with van der Waals surface area (Å²) >= 11 is 3.54. The minimum Gasteiger partial charge on any atom is -0.380 e. The molecule has 0 spiro atoms. The largest absolute Gasteiger partial charge is 0.380 e. The summed E-state index contributed by atoms with van der Waals surface area (Å²) in [5.74, 6) is 0.633. The molecule has 0 saturated heterocycles. The number of nitrogens with one attached hydrogen (secondary N) is 1. The molecule has 0 aliphatic heterocycles. The molecule has 1 rings (SSSR count). The van der Waals surface area contributed by atoms with Crippen molar-refractivity contribution >= 4 is 27.3 Å². The maximum absolute atomic E-state index is 3.65. The minimum absolute atomic E-state index is 0.517. The third-order valence-corrected chi connectivity index (χ3v) is 3.52. The van der Waals surface area contributed by atoms with Crippen molar-refractivity contribution in [1.29, 1.82) is 0 Å². The summed E-state index contributed by atoms with van der Waals surface area (Å²) in [6.45, 7) is 6.74. The topological polar surface area (TPSA) is 15.3 Å². The molecular weight excluding hydrogens is 276 g/mol. The first-order chi connectivity index (χ1) is 7.95. The SMILES string of the molecule is CCC(Nc1cc(Br)ccc1N(C)C)C(C)C. The highest BCUT2D eigenvalue weighted by molar-refractivity contribution is 9.10. The van der Waals surface area contributed by atoms with Gasteiger partial charge in [0.1, 0.15) is 0 Å². The highest BCUT2D eigenvalue weighted by Gasteiger charge is 2.13. The zero-order chi connectivity index (χ0) is 13.0. The van der Waals surface area contributed by atoms with E-state index < -0.39 is 0 Å². The fourth-order valence-electron chi connectivity index (χ4n) is 1.95. The van der Waals surface area contributed by atoms with Crippen LogP contribution in [0, 0.1) is 5.92 Å². The summed E-state index contributed by atoms with van der Waals surface area (Å²) in [6, 6.07) is 6.89. The Morgan fingerprint density at radius 3 is 2.41 bits per heavy atom. The van der Waals surface area contributed by atoms with Crippen molar-refractivity contribution in [2.45, 2.75) is 33.2 Å². The molecule has 96 valence electrons. The van der Waals surface area contributed by atoms with Crippen LogP contribution in [0.2, 0.25) is 0 Å². The van der Waals surface area contributed by atoms with E-state index >= 15 is 0 Å². The fraction of sp³-hybridized carbons (Fsp3) is 0.571. The number of rotatable bonds is 5. The second-order valence-electron chi connectivity index (χ2n) is 4.96. The summed E-state index contributed by atoms with van der Waals surface area (Å²) in [5.41, 5.74) is 2.43. The second-order valence-corrected chi connectivity index (χ2v) is 5.87. The van der Waals surface area contributed by atoms with E-state index in [1.54, 1.807) is 0 Å². The van der Waals surface area contributed by atoms with Gasteiger partial charge in [-0.3, -0.25) is 0 Å². The Hall–Kier alpha value is -0.700. The molecule has 2 nitrogen and oxygen atoms in total. The third kappa shape index (κ3) is 3.91. The van der Waals surface area contributed by atoms with Gasteiger partial charge < -0.3 is 10.2 Å². The van der Waals surface area contributed by atoms with Crippen LogP contribution in [0.5, 0.6) is 0 Å². The van der Waals surface area contributed by atoms with Gasteiger partial charge in [0.15, 0.2) is 0 Å². The Kier molecular flexibility index (Phi) is 5.31. The van der Waals surface area contributed by atoms with Gasteiger partial charge in [-0.05, 0) is 30.5 Å². The summed E-state index contributed by atoms with van der Waals surface area (Å²) in [7, 11) is 4.15. The van der Waals surface area contributed by atoms with E-state index in [-0.39, 0.29) is 0 Å². The van der Waals surface area contributed by atoms with Crippen LogP contribution in [0.3, 0.4) is 0 Å². The van der Waals surface area contributed by atoms with Crippen LogP contribution in [0.15, 0.2) is 22.7 Å². The van der Waals surface area contributed by atoms with Crippen molar-refractivity contribution in [3.63, 3.8) is 0 Å². The molecule has 0 aliphatic rings. The van der Waals surface area contributed by atoms with Gasteiger partial charge in [0, 0.05) is 24.6 Å². The predicted molar refractivity (Wildman–Crippen MR) is 81.0 cm³/mol. The van der Waals surface area contributed by atoms with Crippen molar-refractivity contribution < 1.29 is 0 Å². The number of halogens is 1.